The molecule has 7 nitrogen and oxygen atoms in total. The van der Waals surface area contributed by atoms with Crippen molar-refractivity contribution in [2.45, 2.75) is 33.9 Å². The van der Waals surface area contributed by atoms with Crippen molar-refractivity contribution in [3.05, 3.63) is 62.0 Å². The highest BCUT2D eigenvalue weighted by molar-refractivity contribution is 7.16. The number of carbonyl (C=O) groups is 2. The van der Waals surface area contributed by atoms with Crippen LogP contribution in [0.25, 0.3) is 17.5 Å². The Bertz CT molecular complexity index is 1200. The van der Waals surface area contributed by atoms with Crippen molar-refractivity contribution in [1.82, 2.24) is 14.3 Å². The van der Waals surface area contributed by atoms with Crippen molar-refractivity contribution in [2.24, 2.45) is 5.41 Å². The molecule has 9 heteroatoms. The van der Waals surface area contributed by atoms with Crippen molar-refractivity contribution in [3.8, 4) is 11.4 Å². The second kappa shape index (κ2) is 9.03. The molecule has 0 radical (unpaired) electrons. The molecule has 0 aliphatic rings. The molecule has 1 N–H and O–H groups in total. The Morgan fingerprint density at radius 2 is 2.03 bits per heavy atom. The molecule has 0 bridgehead atoms. The number of carbonyl (C=O) groups excluding carboxylic acids is 2. The standard InChI is InChI=1S/C22H23ClN4O3S/c1-5-14-10-17(26(8-9-28)20(29)11-14)16-12-19(24-13-15-6-7-18(23)31-15)27(25-16)21(30)22(2,3)4/h5-7,9-12,24H,1,8,13H2,2-4H3. The van der Waals surface area contributed by atoms with Crippen LogP contribution in [0.2, 0.25) is 4.34 Å². The number of anilines is 1. The molecule has 3 rings (SSSR count). The molecule has 0 unspecified atom stereocenters. The molecule has 0 saturated carbocycles. The van der Waals surface area contributed by atoms with Crippen LogP contribution < -0.4 is 10.9 Å². The molecule has 3 aromatic heterocycles. The summed E-state index contributed by atoms with van der Waals surface area (Å²) >= 11 is 7.45. The number of hydrogen-bond donors (Lipinski definition) is 1. The molecule has 31 heavy (non-hydrogen) atoms. The highest BCUT2D eigenvalue weighted by Crippen LogP contribution is 2.27. The van der Waals surface area contributed by atoms with Crippen LogP contribution in [0.1, 0.15) is 36.0 Å². The molecule has 0 spiro atoms. The van der Waals surface area contributed by atoms with Crippen molar-refractivity contribution in [2.75, 3.05) is 5.32 Å². The van der Waals surface area contributed by atoms with Gasteiger partial charge in [0.15, 0.2) is 0 Å². The van der Waals surface area contributed by atoms with Crippen molar-refractivity contribution in [1.29, 1.82) is 0 Å². The van der Waals surface area contributed by atoms with Gasteiger partial charge in [-0.25, -0.2) is 0 Å². The highest BCUT2D eigenvalue weighted by Gasteiger charge is 2.27. The third-order valence-corrected chi connectivity index (χ3v) is 5.75. The van der Waals surface area contributed by atoms with E-state index in [2.05, 4.69) is 17.0 Å². The molecule has 0 atom stereocenters. The van der Waals surface area contributed by atoms with E-state index in [-0.39, 0.29) is 18.0 Å². The van der Waals surface area contributed by atoms with Crippen LogP contribution in [0, 0.1) is 5.41 Å². The number of aromatic nitrogens is 3. The van der Waals surface area contributed by atoms with Crippen molar-refractivity contribution in [3.63, 3.8) is 0 Å². The number of hydrogen-bond acceptors (Lipinski definition) is 6. The maximum atomic E-state index is 13.0. The summed E-state index contributed by atoms with van der Waals surface area (Å²) in [5.41, 5.74) is 0.391. The number of nitrogens with zero attached hydrogens (tertiary/aromatic N) is 3. The Kier molecular flexibility index (Phi) is 6.62. The van der Waals surface area contributed by atoms with Gasteiger partial charge in [-0.2, -0.15) is 9.78 Å². The van der Waals surface area contributed by atoms with E-state index in [1.165, 1.54) is 26.7 Å². The molecule has 0 amide bonds. The minimum Gasteiger partial charge on any atom is -0.365 e. The summed E-state index contributed by atoms with van der Waals surface area (Å²) in [6.07, 6.45) is 2.20. The van der Waals surface area contributed by atoms with Crippen LogP contribution in [0.3, 0.4) is 0 Å². The monoisotopic (exact) mass is 458 g/mol. The van der Waals surface area contributed by atoms with Gasteiger partial charge in [-0.15, -0.1) is 11.3 Å². The van der Waals surface area contributed by atoms with E-state index >= 15 is 0 Å². The molecular weight excluding hydrogens is 436 g/mol. The molecule has 3 heterocycles. The molecule has 0 aromatic carbocycles. The first kappa shape index (κ1) is 22.7. The third-order valence-electron chi connectivity index (χ3n) is 4.52. The zero-order valence-electron chi connectivity index (χ0n) is 17.5. The van der Waals surface area contributed by atoms with Crippen LogP contribution in [0.4, 0.5) is 5.82 Å². The predicted octanol–water partition coefficient (Wildman–Crippen LogP) is 4.57. The van der Waals surface area contributed by atoms with Crippen LogP contribution >= 0.6 is 22.9 Å². The lowest BCUT2D eigenvalue weighted by atomic mass is 9.96. The fourth-order valence-corrected chi connectivity index (χ4v) is 3.97. The summed E-state index contributed by atoms with van der Waals surface area (Å²) < 4.78 is 3.30. The lowest BCUT2D eigenvalue weighted by Gasteiger charge is -2.18. The molecule has 0 aliphatic heterocycles. The summed E-state index contributed by atoms with van der Waals surface area (Å²) in [6, 6.07) is 8.53. The maximum absolute atomic E-state index is 13.0. The zero-order chi connectivity index (χ0) is 22.8. The van der Waals surface area contributed by atoms with Crippen molar-refractivity contribution < 1.29 is 9.59 Å². The fraction of sp³-hybridized carbons (Fsp3) is 0.273. The molecule has 0 aliphatic carbocycles. The number of nitrogens with one attached hydrogen (secondary N) is 1. The van der Waals surface area contributed by atoms with Crippen LogP contribution in [0.5, 0.6) is 0 Å². The second-order valence-corrected chi connectivity index (χ2v) is 9.73. The molecule has 0 fully saturated rings. The van der Waals surface area contributed by atoms with E-state index in [0.29, 0.717) is 39.9 Å². The highest BCUT2D eigenvalue weighted by atomic mass is 35.5. The van der Waals surface area contributed by atoms with Crippen molar-refractivity contribution >= 4 is 47.0 Å². The number of halogens is 1. The van der Waals surface area contributed by atoms with Crippen LogP contribution in [-0.4, -0.2) is 26.5 Å². The first-order chi connectivity index (χ1) is 14.6. The van der Waals surface area contributed by atoms with Gasteiger partial charge in [0, 0.05) is 22.4 Å². The Hall–Kier alpha value is -2.97. The van der Waals surface area contributed by atoms with Gasteiger partial charge in [-0.3, -0.25) is 14.2 Å². The van der Waals surface area contributed by atoms with E-state index < -0.39 is 5.41 Å². The predicted molar refractivity (Wildman–Crippen MR) is 125 cm³/mol. The smallest absolute Gasteiger partial charge is 0.254 e. The minimum atomic E-state index is -0.683. The number of aldehydes is 1. The third kappa shape index (κ3) is 5.03. The van der Waals surface area contributed by atoms with Gasteiger partial charge in [0.05, 0.1) is 23.1 Å². The number of rotatable bonds is 7. The first-order valence-corrected chi connectivity index (χ1v) is 10.8. The summed E-state index contributed by atoms with van der Waals surface area (Å²) in [6.45, 7) is 9.46. The maximum Gasteiger partial charge on any atom is 0.254 e. The minimum absolute atomic E-state index is 0.123. The van der Waals surface area contributed by atoms with Crippen LogP contribution in [-0.2, 0) is 17.9 Å². The molecular formula is C22H23ClN4O3S. The Labute approximate surface area is 189 Å². The van der Waals surface area contributed by atoms with E-state index in [0.717, 1.165) is 4.88 Å². The summed E-state index contributed by atoms with van der Waals surface area (Å²) in [5, 5.41) is 7.73. The molecule has 3 aromatic rings. The first-order valence-electron chi connectivity index (χ1n) is 9.58. The van der Waals surface area contributed by atoms with Gasteiger partial charge < -0.3 is 10.1 Å². The Morgan fingerprint density at radius 3 is 2.61 bits per heavy atom. The summed E-state index contributed by atoms with van der Waals surface area (Å²) in [5.74, 6) is 0.267. The largest absolute Gasteiger partial charge is 0.365 e. The normalized spacial score (nSPS) is 11.4. The van der Waals surface area contributed by atoms with Gasteiger partial charge in [-0.1, -0.05) is 45.0 Å². The Morgan fingerprint density at radius 1 is 1.29 bits per heavy atom. The number of thiophene rings is 1. The lowest BCUT2D eigenvalue weighted by molar-refractivity contribution is -0.108. The van der Waals surface area contributed by atoms with Gasteiger partial charge in [0.25, 0.3) is 11.5 Å². The molecule has 162 valence electrons. The summed E-state index contributed by atoms with van der Waals surface area (Å²) in [4.78, 5) is 37.7. The molecule has 0 saturated heterocycles. The Balaban J connectivity index is 2.11. The van der Waals surface area contributed by atoms with E-state index in [4.69, 9.17) is 11.6 Å². The van der Waals surface area contributed by atoms with E-state index in [1.807, 2.05) is 12.1 Å². The lowest BCUT2D eigenvalue weighted by Crippen LogP contribution is -2.29. The SMILES string of the molecule is C=Cc1cc(-c2cc(NCc3ccc(Cl)s3)n(C(=O)C(C)(C)C)n2)n(CC=O)c(=O)c1. The van der Waals surface area contributed by atoms with E-state index in [9.17, 15) is 14.4 Å². The average molecular weight is 459 g/mol. The zero-order valence-corrected chi connectivity index (χ0v) is 19.1. The quantitative estimate of drug-likeness (QED) is 0.524. The second-order valence-electron chi connectivity index (χ2n) is 7.93. The average Bonchev–Trinajstić information content (AvgIpc) is 3.32. The van der Waals surface area contributed by atoms with Gasteiger partial charge in [-0.05, 0) is 23.8 Å². The van der Waals surface area contributed by atoms with Gasteiger partial charge in [0.1, 0.15) is 17.8 Å². The van der Waals surface area contributed by atoms with Gasteiger partial charge >= 0.3 is 0 Å². The number of pyridine rings is 1. The van der Waals surface area contributed by atoms with E-state index in [1.54, 1.807) is 39.0 Å². The van der Waals surface area contributed by atoms with Gasteiger partial charge in [0.2, 0.25) is 0 Å². The summed E-state index contributed by atoms with van der Waals surface area (Å²) in [7, 11) is 0. The fourth-order valence-electron chi connectivity index (χ4n) is 2.94. The van der Waals surface area contributed by atoms with Crippen LogP contribution in [0.15, 0.2) is 41.7 Å². The topological polar surface area (TPSA) is 86.0 Å².